The van der Waals surface area contributed by atoms with Crippen LogP contribution in [-0.2, 0) is 11.3 Å². The first-order valence-electron chi connectivity index (χ1n) is 6.29. The van der Waals surface area contributed by atoms with Crippen molar-refractivity contribution in [2.45, 2.75) is 43.8 Å². The minimum Gasteiger partial charge on any atom is -0.480 e. The van der Waals surface area contributed by atoms with Gasteiger partial charge in [0.1, 0.15) is 5.54 Å². The van der Waals surface area contributed by atoms with Crippen LogP contribution in [0.2, 0.25) is 0 Å². The Morgan fingerprint density at radius 1 is 1.56 bits per heavy atom. The average molecular weight is 361 g/mol. The molecule has 2 aliphatic carbocycles. The van der Waals surface area contributed by atoms with Gasteiger partial charge in [0, 0.05) is 12.2 Å². The third-order valence-electron chi connectivity index (χ3n) is 3.71. The molecule has 3 rings (SSSR count). The van der Waals surface area contributed by atoms with Gasteiger partial charge >= 0.3 is 5.97 Å². The van der Waals surface area contributed by atoms with Gasteiger partial charge < -0.3 is 5.11 Å². The highest BCUT2D eigenvalue weighted by Gasteiger charge is 2.53. The Hall–Kier alpha value is -0.630. The van der Waals surface area contributed by atoms with E-state index in [4.69, 9.17) is 0 Å². The van der Waals surface area contributed by atoms with E-state index in [1.807, 2.05) is 6.20 Å². The number of carbonyl (C=O) groups is 1. The molecule has 2 fully saturated rings. The summed E-state index contributed by atoms with van der Waals surface area (Å²) < 4.78 is 2.79. The van der Waals surface area contributed by atoms with Crippen LogP contribution in [0.25, 0.3) is 0 Å². The van der Waals surface area contributed by atoms with E-state index in [0.29, 0.717) is 12.6 Å². The molecule has 1 unspecified atom stereocenters. The summed E-state index contributed by atoms with van der Waals surface area (Å²) in [7, 11) is 0. The number of aromatic nitrogens is 2. The lowest BCUT2D eigenvalue weighted by molar-refractivity contribution is -0.147. The summed E-state index contributed by atoms with van der Waals surface area (Å²) in [5, 5.41) is 17.3. The number of nitrogens with one attached hydrogen (secondary N) is 1. The largest absolute Gasteiger partial charge is 0.480 e. The number of hydrogen-bond acceptors (Lipinski definition) is 3. The van der Waals surface area contributed by atoms with Crippen LogP contribution in [0.5, 0.6) is 0 Å². The number of nitrogens with zero attached hydrogens (tertiary/aromatic N) is 2. The Bertz CT molecular complexity index is 468. The summed E-state index contributed by atoms with van der Waals surface area (Å²) in [5.74, 6) is -0.486. The molecular formula is C12H16IN3O2. The molecule has 2 N–H and O–H groups in total. The number of halogens is 1. The zero-order chi connectivity index (χ0) is 12.8. The molecule has 0 bridgehead atoms. The lowest BCUT2D eigenvalue weighted by Crippen LogP contribution is -2.58. The Labute approximate surface area is 119 Å². The number of carboxylic acids is 1. The van der Waals surface area contributed by atoms with E-state index < -0.39 is 11.5 Å². The minimum absolute atomic E-state index is 0.248. The second kappa shape index (κ2) is 4.48. The van der Waals surface area contributed by atoms with Gasteiger partial charge in [-0.05, 0) is 54.2 Å². The molecule has 1 heterocycles. The molecular weight excluding hydrogens is 345 g/mol. The number of aliphatic carboxylic acids is 1. The molecule has 2 saturated carbocycles. The van der Waals surface area contributed by atoms with Crippen molar-refractivity contribution >= 4 is 28.6 Å². The molecule has 5 nitrogen and oxygen atoms in total. The Morgan fingerprint density at radius 3 is 2.72 bits per heavy atom. The van der Waals surface area contributed by atoms with E-state index in [2.05, 4.69) is 33.0 Å². The van der Waals surface area contributed by atoms with Crippen LogP contribution in [-0.4, -0.2) is 32.4 Å². The van der Waals surface area contributed by atoms with Crippen LogP contribution in [0.4, 0.5) is 0 Å². The van der Waals surface area contributed by atoms with Crippen molar-refractivity contribution < 1.29 is 9.90 Å². The highest BCUT2D eigenvalue weighted by Crippen LogP contribution is 2.42. The van der Waals surface area contributed by atoms with Crippen molar-refractivity contribution in [2.24, 2.45) is 5.92 Å². The molecule has 18 heavy (non-hydrogen) atoms. The van der Waals surface area contributed by atoms with Crippen LogP contribution in [0.3, 0.4) is 0 Å². The summed E-state index contributed by atoms with van der Waals surface area (Å²) >= 11 is 2.19. The number of hydrogen-bond donors (Lipinski definition) is 2. The molecule has 0 aliphatic heterocycles. The lowest BCUT2D eigenvalue weighted by atomic mass is 9.93. The summed E-state index contributed by atoms with van der Waals surface area (Å²) in [6.45, 7) is 0.423. The van der Waals surface area contributed by atoms with Crippen molar-refractivity contribution in [1.82, 2.24) is 15.1 Å². The molecule has 1 aromatic heterocycles. The van der Waals surface area contributed by atoms with Gasteiger partial charge in [-0.3, -0.25) is 14.8 Å². The molecule has 6 heteroatoms. The first-order chi connectivity index (χ1) is 8.60. The fourth-order valence-corrected chi connectivity index (χ4v) is 2.89. The average Bonchev–Trinajstić information content (AvgIpc) is 3.19. The summed E-state index contributed by atoms with van der Waals surface area (Å²) in [6, 6.07) is 0.385. The topological polar surface area (TPSA) is 67.1 Å². The lowest BCUT2D eigenvalue weighted by Gasteiger charge is -2.31. The molecule has 0 aromatic carbocycles. The third-order valence-corrected chi connectivity index (χ3v) is 4.27. The van der Waals surface area contributed by atoms with Crippen molar-refractivity contribution in [3.05, 3.63) is 16.0 Å². The van der Waals surface area contributed by atoms with E-state index in [9.17, 15) is 9.90 Å². The van der Waals surface area contributed by atoms with E-state index in [1.165, 1.54) is 0 Å². The smallest absolute Gasteiger partial charge is 0.326 e. The van der Waals surface area contributed by atoms with Gasteiger partial charge in [-0.1, -0.05) is 0 Å². The van der Waals surface area contributed by atoms with Gasteiger partial charge in [0.2, 0.25) is 0 Å². The minimum atomic E-state index is -0.823. The maximum absolute atomic E-state index is 11.8. The second-order valence-electron chi connectivity index (χ2n) is 5.33. The summed E-state index contributed by atoms with van der Waals surface area (Å²) in [6.07, 6.45) is 7.86. The highest BCUT2D eigenvalue weighted by atomic mass is 127. The van der Waals surface area contributed by atoms with Crippen molar-refractivity contribution in [3.8, 4) is 0 Å². The maximum atomic E-state index is 11.8. The van der Waals surface area contributed by atoms with Crippen LogP contribution in [0, 0.1) is 9.49 Å². The van der Waals surface area contributed by atoms with Crippen LogP contribution >= 0.6 is 22.6 Å². The predicted octanol–water partition coefficient (Wildman–Crippen LogP) is 1.47. The normalized spacial score (nSPS) is 22.7. The zero-order valence-electron chi connectivity index (χ0n) is 9.97. The van der Waals surface area contributed by atoms with Gasteiger partial charge in [0.05, 0.1) is 16.3 Å². The number of rotatable bonds is 6. The van der Waals surface area contributed by atoms with Crippen LogP contribution < -0.4 is 5.32 Å². The first kappa shape index (κ1) is 12.4. The van der Waals surface area contributed by atoms with Crippen LogP contribution in [0.1, 0.15) is 25.7 Å². The van der Waals surface area contributed by atoms with E-state index >= 15 is 0 Å². The highest BCUT2D eigenvalue weighted by molar-refractivity contribution is 14.1. The molecule has 0 saturated heterocycles. The zero-order valence-corrected chi connectivity index (χ0v) is 12.1. The second-order valence-corrected chi connectivity index (χ2v) is 6.57. The Kier molecular flexibility index (Phi) is 3.09. The predicted molar refractivity (Wildman–Crippen MR) is 74.2 cm³/mol. The van der Waals surface area contributed by atoms with E-state index in [-0.39, 0.29) is 5.92 Å². The molecule has 1 atom stereocenters. The van der Waals surface area contributed by atoms with Crippen molar-refractivity contribution in [2.75, 3.05) is 0 Å². The molecule has 0 radical (unpaired) electrons. The molecule has 98 valence electrons. The monoisotopic (exact) mass is 361 g/mol. The van der Waals surface area contributed by atoms with Gasteiger partial charge in [0.25, 0.3) is 0 Å². The van der Waals surface area contributed by atoms with Crippen LogP contribution in [0.15, 0.2) is 12.4 Å². The summed E-state index contributed by atoms with van der Waals surface area (Å²) in [5.41, 5.74) is -0.823. The van der Waals surface area contributed by atoms with Gasteiger partial charge in [0.15, 0.2) is 0 Å². The van der Waals surface area contributed by atoms with Gasteiger partial charge in [-0.2, -0.15) is 5.10 Å². The summed E-state index contributed by atoms with van der Waals surface area (Å²) in [4.78, 5) is 11.8. The third kappa shape index (κ3) is 2.40. The Balaban J connectivity index is 1.84. The first-order valence-corrected chi connectivity index (χ1v) is 7.37. The standard InChI is InChI=1S/C12H16IN3O2/c13-9-5-14-16(6-9)7-12(11(17)18,8-1-2-8)15-10-3-4-10/h5-6,8,10,15H,1-4,7H2,(H,17,18). The van der Waals surface area contributed by atoms with Crippen molar-refractivity contribution in [1.29, 1.82) is 0 Å². The maximum Gasteiger partial charge on any atom is 0.326 e. The van der Waals surface area contributed by atoms with Gasteiger partial charge in [-0.25, -0.2) is 0 Å². The SMILES string of the molecule is O=C(O)C(Cn1cc(I)cn1)(NC1CC1)C1CC1. The molecule has 1 aromatic rings. The molecule has 0 amide bonds. The van der Waals surface area contributed by atoms with E-state index in [1.54, 1.807) is 10.9 Å². The fraction of sp³-hybridized carbons (Fsp3) is 0.667. The quantitative estimate of drug-likeness (QED) is 0.754. The fourth-order valence-electron chi connectivity index (χ4n) is 2.44. The Morgan fingerprint density at radius 2 is 2.28 bits per heavy atom. The molecule has 2 aliphatic rings. The van der Waals surface area contributed by atoms with E-state index in [0.717, 1.165) is 29.3 Å². The molecule has 0 spiro atoms. The van der Waals surface area contributed by atoms with Crippen molar-refractivity contribution in [3.63, 3.8) is 0 Å². The number of carboxylic acid groups (broad SMARTS) is 1. The van der Waals surface area contributed by atoms with Gasteiger partial charge in [-0.15, -0.1) is 0 Å².